The molecule has 0 saturated heterocycles. The molecule has 0 aliphatic rings. The SMILES string of the molecule is c1ccc(-c2ccc3c(c2)c2cc(-c4ccc5oc6cccc(-c7nc(-c8ccccc8)nc(-c8ccccc8)n7)c6c5c4)cnc2n3-c2ccccc2)cc1. The van der Waals surface area contributed by atoms with Gasteiger partial charge >= 0.3 is 0 Å². The Kier molecular flexibility index (Phi) is 7.38. The number of fused-ring (bicyclic) bond motifs is 6. The molecule has 11 rings (SSSR count). The Morgan fingerprint density at radius 3 is 1.66 bits per heavy atom. The summed E-state index contributed by atoms with van der Waals surface area (Å²) in [7, 11) is 0. The molecule has 6 heteroatoms. The number of furan rings is 1. The van der Waals surface area contributed by atoms with Gasteiger partial charge in [-0.1, -0.05) is 133 Å². The molecule has 0 aliphatic carbocycles. The van der Waals surface area contributed by atoms with Gasteiger partial charge in [0.2, 0.25) is 0 Å². The molecular formula is C50H31N5O. The molecule has 0 bridgehead atoms. The molecule has 0 atom stereocenters. The second kappa shape index (κ2) is 13.0. The fourth-order valence-corrected chi connectivity index (χ4v) is 7.82. The number of hydrogen-bond acceptors (Lipinski definition) is 5. The second-order valence-corrected chi connectivity index (χ2v) is 13.9. The summed E-state index contributed by atoms with van der Waals surface area (Å²) in [5.74, 6) is 1.82. The molecule has 56 heavy (non-hydrogen) atoms. The van der Waals surface area contributed by atoms with Crippen molar-refractivity contribution in [2.45, 2.75) is 0 Å². The lowest BCUT2D eigenvalue weighted by atomic mass is 10.00. The van der Waals surface area contributed by atoms with Crippen LogP contribution in [0.25, 0.3) is 106 Å². The molecule has 0 N–H and O–H groups in total. The fraction of sp³-hybridized carbons (Fsp3) is 0. The first-order valence-corrected chi connectivity index (χ1v) is 18.6. The van der Waals surface area contributed by atoms with Crippen molar-refractivity contribution in [2.75, 3.05) is 0 Å². The zero-order valence-electron chi connectivity index (χ0n) is 30.0. The molecule has 0 radical (unpaired) electrons. The molecule has 0 amide bonds. The lowest BCUT2D eigenvalue weighted by Gasteiger charge is -2.09. The second-order valence-electron chi connectivity index (χ2n) is 13.9. The van der Waals surface area contributed by atoms with Crippen molar-refractivity contribution in [2.24, 2.45) is 0 Å². The van der Waals surface area contributed by atoms with E-state index in [1.807, 2.05) is 85.1 Å². The molecule has 6 nitrogen and oxygen atoms in total. The average Bonchev–Trinajstić information content (AvgIpc) is 3.82. The van der Waals surface area contributed by atoms with Gasteiger partial charge in [0.05, 0.1) is 5.52 Å². The van der Waals surface area contributed by atoms with Gasteiger partial charge in [-0.15, -0.1) is 0 Å². The molecule has 0 spiro atoms. The van der Waals surface area contributed by atoms with E-state index < -0.39 is 0 Å². The van der Waals surface area contributed by atoms with Gasteiger partial charge in [0.1, 0.15) is 16.8 Å². The Labute approximate surface area is 322 Å². The normalized spacial score (nSPS) is 11.6. The highest BCUT2D eigenvalue weighted by atomic mass is 16.3. The van der Waals surface area contributed by atoms with Crippen LogP contribution < -0.4 is 0 Å². The number of benzene rings is 7. The largest absolute Gasteiger partial charge is 0.456 e. The molecule has 0 aliphatic heterocycles. The van der Waals surface area contributed by atoms with Crippen molar-refractivity contribution < 1.29 is 4.42 Å². The Morgan fingerprint density at radius 2 is 0.964 bits per heavy atom. The van der Waals surface area contributed by atoms with Crippen LogP contribution in [0, 0.1) is 0 Å². The van der Waals surface area contributed by atoms with Crippen molar-refractivity contribution in [3.8, 4) is 62.1 Å². The van der Waals surface area contributed by atoms with Crippen LogP contribution in [0.4, 0.5) is 0 Å². The fourth-order valence-electron chi connectivity index (χ4n) is 7.82. The van der Waals surface area contributed by atoms with Crippen molar-refractivity contribution in [1.29, 1.82) is 0 Å². The van der Waals surface area contributed by atoms with Gasteiger partial charge in [0.25, 0.3) is 0 Å². The summed E-state index contributed by atoms with van der Waals surface area (Å²) in [6, 6.07) is 62.5. The van der Waals surface area contributed by atoms with E-state index in [4.69, 9.17) is 24.4 Å². The molecular weight excluding hydrogens is 687 g/mol. The maximum absolute atomic E-state index is 6.48. The third kappa shape index (κ3) is 5.35. The van der Waals surface area contributed by atoms with E-state index in [-0.39, 0.29) is 0 Å². The topological polar surface area (TPSA) is 69.6 Å². The first kappa shape index (κ1) is 31.8. The van der Waals surface area contributed by atoms with Gasteiger partial charge in [-0.25, -0.2) is 19.9 Å². The van der Waals surface area contributed by atoms with Crippen LogP contribution in [0.5, 0.6) is 0 Å². The van der Waals surface area contributed by atoms with Crippen LogP contribution in [0.2, 0.25) is 0 Å². The number of nitrogens with zero attached hydrogens (tertiary/aromatic N) is 5. The molecule has 11 aromatic rings. The minimum absolute atomic E-state index is 0.586. The standard InChI is InChI=1S/C50H31N5O/c1-5-14-32(15-6-1)35-24-26-43-40(28-35)41-30-37(31-51-50(41)55(43)38-20-11-4-12-21-38)36-25-27-44-42(29-36)46-39(22-13-23-45(46)56-44)49-53-47(33-16-7-2-8-17-33)52-48(54-49)34-18-9-3-10-19-34/h1-31H. The quantitative estimate of drug-likeness (QED) is 0.171. The summed E-state index contributed by atoms with van der Waals surface area (Å²) in [4.78, 5) is 20.2. The first-order valence-electron chi connectivity index (χ1n) is 18.6. The van der Waals surface area contributed by atoms with E-state index in [0.717, 1.165) is 77.4 Å². The summed E-state index contributed by atoms with van der Waals surface area (Å²) in [5.41, 5.74) is 11.8. The van der Waals surface area contributed by atoms with Crippen LogP contribution in [-0.2, 0) is 0 Å². The zero-order valence-corrected chi connectivity index (χ0v) is 30.0. The average molecular weight is 718 g/mol. The summed E-state index contributed by atoms with van der Waals surface area (Å²) in [6.45, 7) is 0. The lowest BCUT2D eigenvalue weighted by molar-refractivity contribution is 0.669. The Bertz CT molecular complexity index is 3170. The van der Waals surface area contributed by atoms with Crippen molar-refractivity contribution in [1.82, 2.24) is 24.5 Å². The van der Waals surface area contributed by atoms with Gasteiger partial charge in [0.15, 0.2) is 17.5 Å². The molecule has 0 saturated carbocycles. The minimum Gasteiger partial charge on any atom is -0.456 e. The smallest absolute Gasteiger partial charge is 0.164 e. The summed E-state index contributed by atoms with van der Waals surface area (Å²) >= 11 is 0. The van der Waals surface area contributed by atoms with Crippen molar-refractivity contribution >= 4 is 43.9 Å². The van der Waals surface area contributed by atoms with Gasteiger partial charge < -0.3 is 4.42 Å². The highest BCUT2D eigenvalue weighted by Crippen LogP contribution is 2.40. The van der Waals surface area contributed by atoms with Crippen LogP contribution in [0.15, 0.2) is 193 Å². The van der Waals surface area contributed by atoms with E-state index in [1.165, 1.54) is 11.1 Å². The monoisotopic (exact) mass is 717 g/mol. The van der Waals surface area contributed by atoms with E-state index in [1.54, 1.807) is 0 Å². The predicted molar refractivity (Wildman–Crippen MR) is 226 cm³/mol. The number of pyridine rings is 1. The highest BCUT2D eigenvalue weighted by Gasteiger charge is 2.20. The number of para-hydroxylation sites is 1. The first-order chi connectivity index (χ1) is 27.7. The zero-order chi connectivity index (χ0) is 37.0. The maximum atomic E-state index is 6.48. The lowest BCUT2D eigenvalue weighted by Crippen LogP contribution is -2.00. The van der Waals surface area contributed by atoms with Crippen LogP contribution in [0.3, 0.4) is 0 Å². The molecule has 4 heterocycles. The highest BCUT2D eigenvalue weighted by molar-refractivity contribution is 6.14. The molecule has 262 valence electrons. The molecule has 4 aromatic heterocycles. The summed E-state index contributed by atoms with van der Waals surface area (Å²) < 4.78 is 8.73. The molecule has 7 aromatic carbocycles. The van der Waals surface area contributed by atoms with Crippen LogP contribution >= 0.6 is 0 Å². The van der Waals surface area contributed by atoms with E-state index in [9.17, 15) is 0 Å². The van der Waals surface area contributed by atoms with Gasteiger partial charge in [-0.3, -0.25) is 4.57 Å². The van der Waals surface area contributed by atoms with Gasteiger partial charge in [0, 0.05) is 55.7 Å². The van der Waals surface area contributed by atoms with Crippen LogP contribution in [0.1, 0.15) is 0 Å². The summed E-state index contributed by atoms with van der Waals surface area (Å²) in [5, 5.41) is 4.17. The Balaban J connectivity index is 1.10. The van der Waals surface area contributed by atoms with Crippen molar-refractivity contribution in [3.05, 3.63) is 188 Å². The van der Waals surface area contributed by atoms with Crippen molar-refractivity contribution in [3.63, 3.8) is 0 Å². The maximum Gasteiger partial charge on any atom is 0.164 e. The minimum atomic E-state index is 0.586. The Morgan fingerprint density at radius 1 is 0.393 bits per heavy atom. The summed E-state index contributed by atoms with van der Waals surface area (Å²) in [6.07, 6.45) is 1.98. The van der Waals surface area contributed by atoms with Gasteiger partial charge in [-0.05, 0) is 65.2 Å². The number of hydrogen-bond donors (Lipinski definition) is 0. The van der Waals surface area contributed by atoms with Gasteiger partial charge in [-0.2, -0.15) is 0 Å². The number of rotatable bonds is 6. The number of aromatic nitrogens is 5. The van der Waals surface area contributed by atoms with E-state index in [2.05, 4.69) is 108 Å². The molecule has 0 unspecified atom stereocenters. The molecule has 0 fully saturated rings. The third-order valence-corrected chi connectivity index (χ3v) is 10.5. The Hall–Kier alpha value is -7.70. The van der Waals surface area contributed by atoms with E-state index >= 15 is 0 Å². The van der Waals surface area contributed by atoms with Crippen LogP contribution in [-0.4, -0.2) is 24.5 Å². The third-order valence-electron chi connectivity index (χ3n) is 10.5. The van der Waals surface area contributed by atoms with E-state index in [0.29, 0.717) is 17.5 Å². The predicted octanol–water partition coefficient (Wildman–Crippen LogP) is 12.6.